The molecule has 0 spiro atoms. The second-order valence-electron chi connectivity index (χ2n) is 2.58. The van der Waals surface area contributed by atoms with Crippen molar-refractivity contribution >= 4 is 12.6 Å². The molecule has 0 aliphatic carbocycles. The van der Waals surface area contributed by atoms with Crippen LogP contribution in [-0.2, 0) is 0 Å². The average Bonchev–Trinajstić information content (AvgIpc) is 1.84. The highest BCUT2D eigenvalue weighted by molar-refractivity contribution is 7.81. The maximum atomic E-state index is 9.07. The Balaban J connectivity index is 3.58. The van der Waals surface area contributed by atoms with Crippen LogP contribution in [0.4, 0.5) is 0 Å². The van der Waals surface area contributed by atoms with Crippen LogP contribution in [0.5, 0.6) is 0 Å². The van der Waals surface area contributed by atoms with Gasteiger partial charge in [0.05, 0.1) is 6.10 Å². The second-order valence-corrected chi connectivity index (χ2v) is 3.24. The summed E-state index contributed by atoms with van der Waals surface area (Å²) in [5, 5.41) is 9.41. The lowest BCUT2D eigenvalue weighted by atomic mass is 10.0. The SMILES string of the molecule is CCC(S)C(C)C(C)O. The summed E-state index contributed by atoms with van der Waals surface area (Å²) in [6.07, 6.45) is 0.794. The molecule has 0 fully saturated rings. The molecule has 1 N–H and O–H groups in total. The molecule has 3 atom stereocenters. The largest absolute Gasteiger partial charge is 0.393 e. The van der Waals surface area contributed by atoms with Crippen LogP contribution in [0.1, 0.15) is 27.2 Å². The summed E-state index contributed by atoms with van der Waals surface area (Å²) in [6.45, 7) is 5.91. The van der Waals surface area contributed by atoms with Crippen molar-refractivity contribution < 1.29 is 5.11 Å². The van der Waals surface area contributed by atoms with Gasteiger partial charge in [0.1, 0.15) is 0 Å². The Kier molecular flexibility index (Phi) is 4.32. The number of hydrogen-bond donors (Lipinski definition) is 2. The van der Waals surface area contributed by atoms with Crippen molar-refractivity contribution in [2.24, 2.45) is 5.92 Å². The fraction of sp³-hybridized carbons (Fsp3) is 1.00. The first-order valence-electron chi connectivity index (χ1n) is 3.45. The molecule has 2 heteroatoms. The van der Waals surface area contributed by atoms with E-state index in [2.05, 4.69) is 19.6 Å². The minimum absolute atomic E-state index is 0.229. The van der Waals surface area contributed by atoms with Gasteiger partial charge in [0.2, 0.25) is 0 Å². The van der Waals surface area contributed by atoms with Gasteiger partial charge in [-0.15, -0.1) is 0 Å². The van der Waals surface area contributed by atoms with Crippen molar-refractivity contribution in [1.29, 1.82) is 0 Å². The molecule has 0 rings (SSSR count). The van der Waals surface area contributed by atoms with Gasteiger partial charge in [0.25, 0.3) is 0 Å². The number of thiol groups is 1. The van der Waals surface area contributed by atoms with Crippen LogP contribution in [0, 0.1) is 5.92 Å². The Morgan fingerprint density at radius 1 is 1.44 bits per heavy atom. The summed E-state index contributed by atoms with van der Waals surface area (Å²) in [5.74, 6) is 0.304. The third-order valence-electron chi connectivity index (χ3n) is 1.79. The quantitative estimate of drug-likeness (QED) is 0.584. The molecule has 0 radical (unpaired) electrons. The zero-order valence-corrected chi connectivity index (χ0v) is 7.23. The van der Waals surface area contributed by atoms with E-state index in [0.29, 0.717) is 11.2 Å². The minimum Gasteiger partial charge on any atom is -0.393 e. The molecule has 9 heavy (non-hydrogen) atoms. The summed E-state index contributed by atoms with van der Waals surface area (Å²) in [7, 11) is 0. The van der Waals surface area contributed by atoms with Gasteiger partial charge in [-0.25, -0.2) is 0 Å². The molecule has 56 valence electrons. The number of aliphatic hydroxyl groups is 1. The second kappa shape index (κ2) is 4.18. The van der Waals surface area contributed by atoms with Crippen molar-refractivity contribution in [3.8, 4) is 0 Å². The molecule has 0 aromatic rings. The Morgan fingerprint density at radius 2 is 1.89 bits per heavy atom. The molecular weight excluding hydrogens is 132 g/mol. The number of rotatable bonds is 3. The van der Waals surface area contributed by atoms with Crippen molar-refractivity contribution in [2.75, 3.05) is 0 Å². The Labute approximate surface area is 62.9 Å². The molecule has 0 bridgehead atoms. The molecule has 0 heterocycles. The summed E-state index contributed by atoms with van der Waals surface area (Å²) in [5.41, 5.74) is 0. The molecular formula is C7H16OS. The Morgan fingerprint density at radius 3 is 2.00 bits per heavy atom. The van der Waals surface area contributed by atoms with Gasteiger partial charge in [-0.2, -0.15) is 12.6 Å². The normalized spacial score (nSPS) is 21.0. The fourth-order valence-electron chi connectivity index (χ4n) is 0.693. The maximum Gasteiger partial charge on any atom is 0.0548 e. The number of aliphatic hydroxyl groups excluding tert-OH is 1. The third-order valence-corrected chi connectivity index (χ3v) is 2.62. The molecule has 0 aromatic heterocycles. The standard InChI is InChI=1S/C7H16OS/c1-4-7(9)5(2)6(3)8/h5-9H,4H2,1-3H3. The summed E-state index contributed by atoms with van der Waals surface area (Å²) < 4.78 is 0. The fourth-order valence-corrected chi connectivity index (χ4v) is 0.942. The molecule has 0 aliphatic heterocycles. The van der Waals surface area contributed by atoms with E-state index >= 15 is 0 Å². The topological polar surface area (TPSA) is 20.2 Å². The van der Waals surface area contributed by atoms with Crippen molar-refractivity contribution in [3.05, 3.63) is 0 Å². The third kappa shape index (κ3) is 3.11. The molecule has 0 saturated heterocycles. The molecule has 1 nitrogen and oxygen atoms in total. The van der Waals surface area contributed by atoms with Gasteiger partial charge in [-0.05, 0) is 19.3 Å². The predicted molar refractivity (Wildman–Crippen MR) is 43.9 cm³/mol. The van der Waals surface area contributed by atoms with Crippen LogP contribution in [0.25, 0.3) is 0 Å². The molecule has 0 aliphatic rings. The van der Waals surface area contributed by atoms with Crippen molar-refractivity contribution in [3.63, 3.8) is 0 Å². The predicted octanol–water partition coefficient (Wildman–Crippen LogP) is 1.71. The molecule has 0 aromatic carbocycles. The van der Waals surface area contributed by atoms with Crippen molar-refractivity contribution in [1.82, 2.24) is 0 Å². The lowest BCUT2D eigenvalue weighted by Crippen LogP contribution is -2.22. The van der Waals surface area contributed by atoms with Gasteiger partial charge in [0.15, 0.2) is 0 Å². The van der Waals surface area contributed by atoms with Crippen LogP contribution in [-0.4, -0.2) is 16.5 Å². The van der Waals surface area contributed by atoms with E-state index in [4.69, 9.17) is 5.11 Å². The highest BCUT2D eigenvalue weighted by Gasteiger charge is 2.15. The lowest BCUT2D eigenvalue weighted by molar-refractivity contribution is 0.133. The van der Waals surface area contributed by atoms with E-state index in [0.717, 1.165) is 6.42 Å². The van der Waals surface area contributed by atoms with Crippen LogP contribution < -0.4 is 0 Å². The highest BCUT2D eigenvalue weighted by Crippen LogP contribution is 2.16. The van der Waals surface area contributed by atoms with E-state index in [-0.39, 0.29) is 6.10 Å². The number of hydrogen-bond acceptors (Lipinski definition) is 2. The van der Waals surface area contributed by atoms with Crippen LogP contribution >= 0.6 is 12.6 Å². The average molecular weight is 148 g/mol. The van der Waals surface area contributed by atoms with Crippen LogP contribution in [0.2, 0.25) is 0 Å². The van der Waals surface area contributed by atoms with Gasteiger partial charge in [-0.1, -0.05) is 13.8 Å². The van der Waals surface area contributed by atoms with Gasteiger partial charge in [0, 0.05) is 5.25 Å². The van der Waals surface area contributed by atoms with E-state index < -0.39 is 0 Å². The Hall–Kier alpha value is 0.310. The lowest BCUT2D eigenvalue weighted by Gasteiger charge is -2.19. The first kappa shape index (κ1) is 9.31. The monoisotopic (exact) mass is 148 g/mol. The first-order valence-corrected chi connectivity index (χ1v) is 3.97. The smallest absolute Gasteiger partial charge is 0.0548 e. The summed E-state index contributed by atoms with van der Waals surface area (Å²) in [4.78, 5) is 0. The summed E-state index contributed by atoms with van der Waals surface area (Å²) in [6, 6.07) is 0. The van der Waals surface area contributed by atoms with Gasteiger partial charge < -0.3 is 5.11 Å². The zero-order chi connectivity index (χ0) is 7.44. The van der Waals surface area contributed by atoms with E-state index in [9.17, 15) is 0 Å². The molecule has 0 amide bonds. The highest BCUT2D eigenvalue weighted by atomic mass is 32.1. The van der Waals surface area contributed by atoms with E-state index in [1.165, 1.54) is 0 Å². The van der Waals surface area contributed by atoms with E-state index in [1.54, 1.807) is 0 Å². The zero-order valence-electron chi connectivity index (χ0n) is 6.33. The van der Waals surface area contributed by atoms with E-state index in [1.807, 2.05) is 13.8 Å². The van der Waals surface area contributed by atoms with Gasteiger partial charge in [-0.3, -0.25) is 0 Å². The van der Waals surface area contributed by atoms with Crippen LogP contribution in [0.3, 0.4) is 0 Å². The minimum atomic E-state index is -0.229. The van der Waals surface area contributed by atoms with Gasteiger partial charge >= 0.3 is 0 Å². The van der Waals surface area contributed by atoms with Crippen molar-refractivity contribution in [2.45, 2.75) is 38.5 Å². The Bertz CT molecular complexity index is 73.3. The van der Waals surface area contributed by atoms with Crippen LogP contribution in [0.15, 0.2) is 0 Å². The summed E-state index contributed by atoms with van der Waals surface area (Å²) >= 11 is 4.30. The molecule has 3 unspecified atom stereocenters. The first-order chi connectivity index (χ1) is 4.09. The maximum absolute atomic E-state index is 9.07. The molecule has 0 saturated carbocycles.